The zero-order chi connectivity index (χ0) is 16.6. The molecule has 0 unspecified atom stereocenters. The highest BCUT2D eigenvalue weighted by atomic mass is 16.4. The number of aromatic nitrogens is 2. The van der Waals surface area contributed by atoms with Gasteiger partial charge in [0, 0.05) is 31.5 Å². The van der Waals surface area contributed by atoms with E-state index >= 15 is 0 Å². The van der Waals surface area contributed by atoms with Crippen LogP contribution in [0.4, 0.5) is 0 Å². The molecule has 24 heavy (non-hydrogen) atoms. The maximum Gasteiger partial charge on any atom is 0.311 e. The molecule has 0 bridgehead atoms. The van der Waals surface area contributed by atoms with Gasteiger partial charge in [-0.25, -0.2) is 4.98 Å². The summed E-state index contributed by atoms with van der Waals surface area (Å²) in [5.74, 6) is 0.0822. The molecule has 5 nitrogen and oxygen atoms in total. The first-order valence-corrected chi connectivity index (χ1v) is 8.65. The second-order valence-corrected chi connectivity index (χ2v) is 7.29. The molecule has 2 aromatic rings. The maximum atomic E-state index is 12.1. The Hall–Kier alpha value is -2.14. The molecule has 1 aromatic heterocycles. The molecule has 0 radical (unpaired) electrons. The minimum Gasteiger partial charge on any atom is -0.481 e. The first kappa shape index (κ1) is 15.4. The van der Waals surface area contributed by atoms with E-state index < -0.39 is 11.4 Å². The van der Waals surface area contributed by atoms with E-state index in [0.717, 1.165) is 38.0 Å². The molecule has 1 aliphatic carbocycles. The molecule has 126 valence electrons. The maximum absolute atomic E-state index is 12.1. The van der Waals surface area contributed by atoms with Crippen LogP contribution in [0.2, 0.25) is 0 Å². The fraction of sp³-hybridized carbons (Fsp3) is 0.474. The van der Waals surface area contributed by atoms with Crippen LogP contribution in [0.1, 0.15) is 36.4 Å². The Morgan fingerprint density at radius 2 is 2.21 bits per heavy atom. The molecule has 2 aliphatic rings. The Labute approximate surface area is 141 Å². The van der Waals surface area contributed by atoms with Gasteiger partial charge in [0.1, 0.15) is 0 Å². The zero-order valence-corrected chi connectivity index (χ0v) is 13.7. The van der Waals surface area contributed by atoms with Crippen molar-refractivity contribution in [1.82, 2.24) is 14.9 Å². The molecule has 0 spiro atoms. The van der Waals surface area contributed by atoms with Crippen molar-refractivity contribution >= 4 is 5.97 Å². The highest BCUT2D eigenvalue weighted by Crippen LogP contribution is 2.51. The second kappa shape index (κ2) is 6.06. The lowest BCUT2D eigenvalue weighted by Crippen LogP contribution is -2.42. The van der Waals surface area contributed by atoms with Crippen molar-refractivity contribution in [3.05, 3.63) is 54.1 Å². The highest BCUT2D eigenvalue weighted by molar-refractivity contribution is 5.76. The van der Waals surface area contributed by atoms with Gasteiger partial charge in [0.25, 0.3) is 0 Å². The number of carboxylic acids is 1. The average molecular weight is 325 g/mol. The van der Waals surface area contributed by atoms with E-state index in [1.807, 2.05) is 12.3 Å². The topological polar surface area (TPSA) is 69.2 Å². The van der Waals surface area contributed by atoms with Crippen LogP contribution in [0.15, 0.2) is 42.9 Å². The van der Waals surface area contributed by atoms with Crippen LogP contribution in [0.5, 0.6) is 0 Å². The van der Waals surface area contributed by atoms with E-state index in [0.29, 0.717) is 12.5 Å². The predicted molar refractivity (Wildman–Crippen MR) is 90.5 cm³/mol. The SMILES string of the molecule is O=C(O)[C@]12CC[C@H](c3ccccc3)C[C@H]1CN(Cc1cnc[nH]1)C2. The van der Waals surface area contributed by atoms with Gasteiger partial charge >= 0.3 is 5.97 Å². The smallest absolute Gasteiger partial charge is 0.311 e. The van der Waals surface area contributed by atoms with E-state index in [1.54, 1.807) is 6.33 Å². The average Bonchev–Trinajstić information content (AvgIpc) is 3.22. The summed E-state index contributed by atoms with van der Waals surface area (Å²) in [6, 6.07) is 10.5. The summed E-state index contributed by atoms with van der Waals surface area (Å²) in [6.45, 7) is 2.25. The van der Waals surface area contributed by atoms with Crippen molar-refractivity contribution in [2.24, 2.45) is 11.3 Å². The van der Waals surface area contributed by atoms with Crippen molar-refractivity contribution < 1.29 is 9.90 Å². The molecule has 1 aromatic carbocycles. The van der Waals surface area contributed by atoms with E-state index in [1.165, 1.54) is 5.56 Å². The summed E-state index contributed by atoms with van der Waals surface area (Å²) in [4.78, 5) is 21.6. The number of aliphatic carboxylic acids is 1. The summed E-state index contributed by atoms with van der Waals surface area (Å²) in [7, 11) is 0. The molecule has 5 heteroatoms. The number of imidazole rings is 1. The fourth-order valence-corrected chi connectivity index (χ4v) is 4.67. The molecule has 1 saturated heterocycles. The monoisotopic (exact) mass is 325 g/mol. The van der Waals surface area contributed by atoms with Crippen LogP contribution in [-0.4, -0.2) is 39.0 Å². The number of hydrogen-bond acceptors (Lipinski definition) is 3. The molecule has 3 atom stereocenters. The van der Waals surface area contributed by atoms with Crippen LogP contribution in [0, 0.1) is 11.3 Å². The quantitative estimate of drug-likeness (QED) is 0.907. The minimum atomic E-state index is -0.619. The zero-order valence-electron chi connectivity index (χ0n) is 13.7. The summed E-state index contributed by atoms with van der Waals surface area (Å²) >= 11 is 0. The van der Waals surface area contributed by atoms with Crippen LogP contribution >= 0.6 is 0 Å². The largest absolute Gasteiger partial charge is 0.481 e. The molecular weight excluding hydrogens is 302 g/mol. The predicted octanol–water partition coefficient (Wildman–Crippen LogP) is 2.88. The number of benzene rings is 1. The Kier molecular flexibility index (Phi) is 3.88. The number of nitrogens with zero attached hydrogens (tertiary/aromatic N) is 2. The summed E-state index contributed by atoms with van der Waals surface area (Å²) < 4.78 is 0. The van der Waals surface area contributed by atoms with Gasteiger partial charge in [-0.15, -0.1) is 0 Å². The molecule has 1 saturated carbocycles. The van der Waals surface area contributed by atoms with E-state index in [2.05, 4.69) is 39.1 Å². The van der Waals surface area contributed by atoms with Crippen molar-refractivity contribution in [1.29, 1.82) is 0 Å². The lowest BCUT2D eigenvalue weighted by atomic mass is 9.64. The molecule has 4 rings (SSSR count). The third-order valence-electron chi connectivity index (χ3n) is 5.92. The number of likely N-dealkylation sites (tertiary alicyclic amines) is 1. The van der Waals surface area contributed by atoms with Crippen molar-refractivity contribution in [3.8, 4) is 0 Å². The molecule has 2 fully saturated rings. The number of aromatic amines is 1. The van der Waals surface area contributed by atoms with Gasteiger partial charge in [0.15, 0.2) is 0 Å². The summed E-state index contributed by atoms with van der Waals surface area (Å²) in [6.07, 6.45) is 6.20. The van der Waals surface area contributed by atoms with Gasteiger partial charge < -0.3 is 10.1 Å². The molecule has 2 N–H and O–H groups in total. The van der Waals surface area contributed by atoms with Gasteiger partial charge in [-0.2, -0.15) is 0 Å². The number of fused-ring (bicyclic) bond motifs is 1. The Morgan fingerprint density at radius 3 is 2.92 bits per heavy atom. The molecule has 0 amide bonds. The van der Waals surface area contributed by atoms with Gasteiger partial charge in [-0.05, 0) is 36.7 Å². The van der Waals surface area contributed by atoms with E-state index in [9.17, 15) is 9.90 Å². The first-order chi connectivity index (χ1) is 11.7. The fourth-order valence-electron chi connectivity index (χ4n) is 4.67. The highest BCUT2D eigenvalue weighted by Gasteiger charge is 2.54. The number of carbonyl (C=O) groups is 1. The third kappa shape index (κ3) is 2.63. The normalized spacial score (nSPS) is 30.2. The minimum absolute atomic E-state index is 0.219. The van der Waals surface area contributed by atoms with Crippen molar-refractivity contribution in [2.75, 3.05) is 13.1 Å². The van der Waals surface area contributed by atoms with Gasteiger partial charge in [-0.1, -0.05) is 30.3 Å². The van der Waals surface area contributed by atoms with Crippen LogP contribution in [0.25, 0.3) is 0 Å². The standard InChI is InChI=1S/C19H23N3O2/c23-18(24)19-7-6-15(14-4-2-1-3-5-14)8-16(19)10-22(12-19)11-17-9-20-13-21-17/h1-5,9,13,15-16H,6-8,10-12H2,(H,20,21)(H,23,24)/t15-,16-,19-/m0/s1. The van der Waals surface area contributed by atoms with E-state index in [-0.39, 0.29) is 5.92 Å². The molecule has 1 aliphatic heterocycles. The van der Waals surface area contributed by atoms with Gasteiger partial charge in [0.2, 0.25) is 0 Å². The first-order valence-electron chi connectivity index (χ1n) is 8.65. The Balaban J connectivity index is 1.53. The number of hydrogen-bond donors (Lipinski definition) is 2. The van der Waals surface area contributed by atoms with Gasteiger partial charge in [0.05, 0.1) is 11.7 Å². The van der Waals surface area contributed by atoms with Gasteiger partial charge in [-0.3, -0.25) is 9.69 Å². The number of rotatable bonds is 4. The lowest BCUT2D eigenvalue weighted by Gasteiger charge is -2.38. The van der Waals surface area contributed by atoms with Crippen LogP contribution < -0.4 is 0 Å². The summed E-state index contributed by atoms with van der Waals surface area (Å²) in [5.41, 5.74) is 1.82. The van der Waals surface area contributed by atoms with E-state index in [4.69, 9.17) is 0 Å². The molecule has 2 heterocycles. The molecular formula is C19H23N3O2. The Bertz CT molecular complexity index is 701. The number of H-pyrrole nitrogens is 1. The van der Waals surface area contributed by atoms with Crippen molar-refractivity contribution in [2.45, 2.75) is 31.7 Å². The Morgan fingerprint density at radius 1 is 1.38 bits per heavy atom. The van der Waals surface area contributed by atoms with Crippen LogP contribution in [0.3, 0.4) is 0 Å². The lowest BCUT2D eigenvalue weighted by molar-refractivity contribution is -0.152. The summed E-state index contributed by atoms with van der Waals surface area (Å²) in [5, 5.41) is 9.95. The third-order valence-corrected chi connectivity index (χ3v) is 5.92. The van der Waals surface area contributed by atoms with Crippen molar-refractivity contribution in [3.63, 3.8) is 0 Å². The second-order valence-electron chi connectivity index (χ2n) is 7.29. The van der Waals surface area contributed by atoms with Crippen LogP contribution in [-0.2, 0) is 11.3 Å². The number of nitrogens with one attached hydrogen (secondary N) is 1. The number of carboxylic acid groups (broad SMARTS) is 1.